The molecular weight excluding hydrogens is 136 g/mol. The molecule has 1 fully saturated rings. The van der Waals surface area contributed by atoms with Gasteiger partial charge in [-0.3, -0.25) is 11.3 Å². The molecule has 0 aliphatic carbocycles. The van der Waals surface area contributed by atoms with Crippen molar-refractivity contribution in [2.24, 2.45) is 5.84 Å². The topological polar surface area (TPSA) is 44.5 Å². The van der Waals surface area contributed by atoms with E-state index in [1.165, 1.54) is 0 Å². The first-order valence-corrected chi connectivity index (χ1v) is 3.39. The molecule has 5 heteroatoms. The molecule has 0 saturated carbocycles. The number of nitrogens with two attached hydrogens (primary N) is 1. The van der Waals surface area contributed by atoms with Gasteiger partial charge in [0.15, 0.2) is 0 Å². The van der Waals surface area contributed by atoms with E-state index in [1.54, 1.807) is 5.01 Å². The first kappa shape index (κ1) is 7.30. The van der Waals surface area contributed by atoms with Crippen LogP contribution in [0.25, 0.3) is 0 Å². The van der Waals surface area contributed by atoms with Crippen LogP contribution in [0.15, 0.2) is 0 Å². The third-order valence-electron chi connectivity index (χ3n) is 1.31. The van der Waals surface area contributed by atoms with Crippen molar-refractivity contribution < 1.29 is 0 Å². The Morgan fingerprint density at radius 1 is 1.89 bits per heavy atom. The Bertz CT molecular complexity index is 88.6. The van der Waals surface area contributed by atoms with Crippen LogP contribution in [0.2, 0.25) is 0 Å². The van der Waals surface area contributed by atoms with E-state index in [0.717, 1.165) is 6.54 Å². The van der Waals surface area contributed by atoms with Crippen molar-refractivity contribution in [3.63, 3.8) is 0 Å². The zero-order valence-corrected chi connectivity index (χ0v) is 6.19. The van der Waals surface area contributed by atoms with E-state index in [4.69, 9.17) is 18.5 Å². The minimum absolute atomic E-state index is 0.134. The summed E-state index contributed by atoms with van der Waals surface area (Å²) in [5.74, 6) is 5.47. The van der Waals surface area contributed by atoms with Gasteiger partial charge in [0.2, 0.25) is 0 Å². The van der Waals surface area contributed by atoms with E-state index < -0.39 is 0 Å². The Kier molecular flexibility index (Phi) is 2.31. The molecule has 0 aromatic carbocycles. The summed E-state index contributed by atoms with van der Waals surface area (Å²) >= 11 is 4.92. The van der Waals surface area contributed by atoms with Crippen LogP contribution >= 0.6 is 0 Å². The van der Waals surface area contributed by atoms with Gasteiger partial charge in [-0.2, -0.15) is 0 Å². The average molecular weight is 147 g/mol. The van der Waals surface area contributed by atoms with E-state index in [0.29, 0.717) is 6.67 Å². The molecule has 0 aromatic rings. The standard InChI is InChI=1S/C4H12N4S/c1-2-7-3-8(5)4(9)6-7/h4,6,9H,2-3,5H2,1H3/p-1. The quantitative estimate of drug-likeness (QED) is 0.360. The molecule has 1 heterocycles. The van der Waals surface area contributed by atoms with Crippen molar-refractivity contribution in [2.45, 2.75) is 12.4 Å². The fourth-order valence-corrected chi connectivity index (χ4v) is 0.949. The lowest BCUT2D eigenvalue weighted by molar-refractivity contribution is 0.230. The van der Waals surface area contributed by atoms with Crippen molar-refractivity contribution in [3.8, 4) is 0 Å². The molecule has 0 radical (unpaired) electrons. The highest BCUT2D eigenvalue weighted by molar-refractivity contribution is 7.59. The number of hydrogen-bond acceptors (Lipinski definition) is 5. The number of rotatable bonds is 1. The van der Waals surface area contributed by atoms with Gasteiger partial charge in [-0.25, -0.2) is 10.0 Å². The molecular formula is C4H11N4S-. The zero-order valence-electron chi connectivity index (χ0n) is 5.37. The minimum atomic E-state index is -0.134. The Morgan fingerprint density at radius 3 is 2.78 bits per heavy atom. The third kappa shape index (κ3) is 1.56. The van der Waals surface area contributed by atoms with E-state index in [2.05, 4.69) is 5.43 Å². The lowest BCUT2D eigenvalue weighted by atomic mass is 10.7. The Hall–Kier alpha value is 0.190. The first-order valence-electron chi connectivity index (χ1n) is 2.92. The van der Waals surface area contributed by atoms with Crippen molar-refractivity contribution in [3.05, 3.63) is 0 Å². The van der Waals surface area contributed by atoms with E-state index >= 15 is 0 Å². The van der Waals surface area contributed by atoms with Gasteiger partial charge < -0.3 is 12.6 Å². The molecule has 9 heavy (non-hydrogen) atoms. The van der Waals surface area contributed by atoms with Gasteiger partial charge >= 0.3 is 0 Å². The van der Waals surface area contributed by atoms with Crippen LogP contribution in [0.3, 0.4) is 0 Å². The molecule has 0 amide bonds. The third-order valence-corrected chi connectivity index (χ3v) is 1.69. The largest absolute Gasteiger partial charge is 0.756 e. The Morgan fingerprint density at radius 2 is 2.56 bits per heavy atom. The molecule has 1 saturated heterocycles. The molecule has 0 bridgehead atoms. The molecule has 1 unspecified atom stereocenters. The van der Waals surface area contributed by atoms with Crippen LogP contribution in [0, 0.1) is 0 Å². The van der Waals surface area contributed by atoms with Gasteiger partial charge in [0.25, 0.3) is 0 Å². The molecule has 0 spiro atoms. The summed E-state index contributed by atoms with van der Waals surface area (Å²) in [7, 11) is 0. The molecule has 4 nitrogen and oxygen atoms in total. The summed E-state index contributed by atoms with van der Waals surface area (Å²) in [6.07, 6.45) is 0. The second kappa shape index (κ2) is 2.85. The second-order valence-corrected chi connectivity index (χ2v) is 2.44. The van der Waals surface area contributed by atoms with Crippen molar-refractivity contribution in [1.29, 1.82) is 0 Å². The highest BCUT2D eigenvalue weighted by atomic mass is 32.1. The number of hydrogen-bond donors (Lipinski definition) is 2. The molecule has 3 N–H and O–H groups in total. The molecule has 1 rings (SSSR count). The highest BCUT2D eigenvalue weighted by Gasteiger charge is 2.15. The van der Waals surface area contributed by atoms with Gasteiger partial charge in [0.1, 0.15) is 0 Å². The van der Waals surface area contributed by atoms with Gasteiger partial charge in [0.05, 0.1) is 6.67 Å². The predicted octanol–water partition coefficient (Wildman–Crippen LogP) is -1.21. The Labute approximate surface area is 60.3 Å². The van der Waals surface area contributed by atoms with Crippen molar-refractivity contribution in [1.82, 2.24) is 15.4 Å². The highest BCUT2D eigenvalue weighted by Crippen LogP contribution is 1.98. The SMILES string of the molecule is CCN1CN(N)C([S-])N1. The summed E-state index contributed by atoms with van der Waals surface area (Å²) in [5, 5.41) is 3.55. The van der Waals surface area contributed by atoms with E-state index in [-0.39, 0.29) is 5.50 Å². The van der Waals surface area contributed by atoms with Crippen LogP contribution in [0.1, 0.15) is 6.92 Å². The van der Waals surface area contributed by atoms with E-state index in [9.17, 15) is 0 Å². The van der Waals surface area contributed by atoms with E-state index in [1.807, 2.05) is 11.9 Å². The van der Waals surface area contributed by atoms with Crippen LogP contribution in [0.5, 0.6) is 0 Å². The first-order chi connectivity index (χ1) is 4.24. The maximum Gasteiger partial charge on any atom is 0.0774 e. The summed E-state index contributed by atoms with van der Waals surface area (Å²) in [5.41, 5.74) is 2.87. The lowest BCUT2D eigenvalue weighted by Gasteiger charge is -2.22. The summed E-state index contributed by atoms with van der Waals surface area (Å²) in [6.45, 7) is 3.69. The van der Waals surface area contributed by atoms with Crippen LogP contribution < -0.4 is 11.3 Å². The van der Waals surface area contributed by atoms with Gasteiger partial charge in [-0.1, -0.05) is 6.92 Å². The predicted molar refractivity (Wildman–Crippen MR) is 37.6 cm³/mol. The minimum Gasteiger partial charge on any atom is -0.756 e. The summed E-state index contributed by atoms with van der Waals surface area (Å²) < 4.78 is 0. The van der Waals surface area contributed by atoms with Crippen molar-refractivity contribution in [2.75, 3.05) is 13.2 Å². The normalized spacial score (nSPS) is 31.7. The van der Waals surface area contributed by atoms with Crippen LogP contribution in [-0.4, -0.2) is 28.7 Å². The number of hydrazine groups is 2. The van der Waals surface area contributed by atoms with Crippen LogP contribution in [-0.2, 0) is 12.6 Å². The fourth-order valence-electron chi connectivity index (χ4n) is 0.734. The monoisotopic (exact) mass is 147 g/mol. The maximum atomic E-state index is 5.47. The molecule has 0 aromatic heterocycles. The van der Waals surface area contributed by atoms with Crippen molar-refractivity contribution >= 4 is 12.6 Å². The lowest BCUT2D eigenvalue weighted by Crippen LogP contribution is -2.39. The second-order valence-electron chi connectivity index (χ2n) is 1.99. The zero-order chi connectivity index (χ0) is 6.85. The fraction of sp³-hybridized carbons (Fsp3) is 1.00. The number of nitrogens with zero attached hydrogens (tertiary/aromatic N) is 2. The molecule has 1 aliphatic heterocycles. The summed E-state index contributed by atoms with van der Waals surface area (Å²) in [4.78, 5) is 0. The van der Waals surface area contributed by atoms with Gasteiger partial charge in [-0.05, 0) is 5.50 Å². The van der Waals surface area contributed by atoms with Gasteiger partial charge in [0, 0.05) is 6.54 Å². The maximum absolute atomic E-state index is 5.47. The summed E-state index contributed by atoms with van der Waals surface area (Å²) in [6, 6.07) is 0. The molecule has 1 aliphatic rings. The molecule has 1 atom stereocenters. The van der Waals surface area contributed by atoms with Crippen LogP contribution in [0.4, 0.5) is 0 Å². The average Bonchev–Trinajstić information content (AvgIpc) is 2.13. The number of nitrogens with one attached hydrogen (secondary N) is 1. The Balaban J connectivity index is 2.35. The molecule has 54 valence electrons. The van der Waals surface area contributed by atoms with Gasteiger partial charge in [-0.15, -0.1) is 0 Å². The smallest absolute Gasteiger partial charge is 0.0774 e.